The van der Waals surface area contributed by atoms with Gasteiger partial charge in [0, 0.05) is 24.1 Å². The van der Waals surface area contributed by atoms with E-state index in [-0.39, 0.29) is 23.3 Å². The second-order valence-electron chi connectivity index (χ2n) is 8.26. The van der Waals surface area contributed by atoms with Crippen LogP contribution in [-0.2, 0) is 4.79 Å². The van der Waals surface area contributed by atoms with Crippen molar-refractivity contribution in [2.45, 2.75) is 44.2 Å². The molecule has 1 aliphatic carbocycles. The number of amides is 2. The Bertz CT molecular complexity index is 1120. The summed E-state index contributed by atoms with van der Waals surface area (Å²) in [6, 6.07) is 11.5. The van der Waals surface area contributed by atoms with E-state index in [1.54, 1.807) is 37.4 Å². The quantitative estimate of drug-likeness (QED) is 0.560. The van der Waals surface area contributed by atoms with E-state index in [1.165, 1.54) is 41.7 Å². The lowest BCUT2D eigenvalue weighted by Crippen LogP contribution is -2.47. The highest BCUT2D eigenvalue weighted by atomic mass is 19.1. The van der Waals surface area contributed by atoms with Crippen molar-refractivity contribution in [2.75, 3.05) is 12.0 Å². The SMILES string of the molecule is COc1ccc(C(C(=O)NC2CCCCC2)N(C(=O)c2cnccn2)c2cccc(F)c2)cc1. The molecule has 176 valence electrons. The third-order valence-electron chi connectivity index (χ3n) is 5.98. The fourth-order valence-corrected chi connectivity index (χ4v) is 4.27. The first kappa shape index (κ1) is 23.4. The van der Waals surface area contributed by atoms with Crippen LogP contribution in [0.2, 0.25) is 0 Å². The normalized spacial score (nSPS) is 14.8. The molecule has 3 aromatic rings. The molecule has 1 saturated carbocycles. The molecule has 0 radical (unpaired) electrons. The summed E-state index contributed by atoms with van der Waals surface area (Å²) in [6.45, 7) is 0. The Morgan fingerprint density at radius 1 is 1.09 bits per heavy atom. The van der Waals surface area contributed by atoms with E-state index in [2.05, 4.69) is 15.3 Å². The predicted molar refractivity (Wildman–Crippen MR) is 126 cm³/mol. The van der Waals surface area contributed by atoms with Crippen molar-refractivity contribution in [1.29, 1.82) is 0 Å². The molecule has 0 spiro atoms. The molecule has 1 unspecified atom stereocenters. The number of ether oxygens (including phenoxy) is 1. The summed E-state index contributed by atoms with van der Waals surface area (Å²) < 4.78 is 19.5. The largest absolute Gasteiger partial charge is 0.497 e. The van der Waals surface area contributed by atoms with E-state index in [1.807, 2.05) is 0 Å². The summed E-state index contributed by atoms with van der Waals surface area (Å²) in [7, 11) is 1.55. The zero-order chi connectivity index (χ0) is 23.9. The number of carbonyl (C=O) groups excluding carboxylic acids is 2. The summed E-state index contributed by atoms with van der Waals surface area (Å²) in [4.78, 5) is 36.8. The number of hydrogen-bond donors (Lipinski definition) is 1. The summed E-state index contributed by atoms with van der Waals surface area (Å²) in [5.74, 6) is -0.791. The van der Waals surface area contributed by atoms with Gasteiger partial charge >= 0.3 is 0 Å². The lowest BCUT2D eigenvalue weighted by molar-refractivity contribution is -0.123. The Kier molecular flexibility index (Phi) is 7.47. The number of nitrogens with one attached hydrogen (secondary N) is 1. The van der Waals surface area contributed by atoms with Crippen molar-refractivity contribution in [3.05, 3.63) is 84.2 Å². The highest BCUT2D eigenvalue weighted by Crippen LogP contribution is 2.31. The molecule has 2 amide bonds. The molecule has 8 heteroatoms. The standard InChI is InChI=1S/C26H27FN4O3/c1-34-22-12-10-18(11-13-22)24(25(32)30-20-7-3-2-4-8-20)31(21-9-5-6-19(27)16-21)26(33)23-17-28-14-15-29-23/h5-6,9-17,20,24H,2-4,7-8H2,1H3,(H,30,32). The van der Waals surface area contributed by atoms with E-state index in [9.17, 15) is 14.0 Å². The molecule has 7 nitrogen and oxygen atoms in total. The van der Waals surface area contributed by atoms with E-state index in [0.29, 0.717) is 11.3 Å². The molecule has 1 atom stereocenters. The Morgan fingerprint density at radius 3 is 2.50 bits per heavy atom. The molecule has 1 aromatic heterocycles. The molecule has 2 aromatic carbocycles. The van der Waals surface area contributed by atoms with Crippen LogP contribution in [-0.4, -0.2) is 34.9 Å². The Hall–Kier alpha value is -3.81. The molecule has 1 aliphatic rings. The average Bonchev–Trinajstić information content (AvgIpc) is 2.88. The second-order valence-corrected chi connectivity index (χ2v) is 8.26. The van der Waals surface area contributed by atoms with Crippen LogP contribution < -0.4 is 15.0 Å². The summed E-state index contributed by atoms with van der Waals surface area (Å²) in [6.07, 6.45) is 9.21. The number of nitrogens with zero attached hydrogens (tertiary/aromatic N) is 3. The van der Waals surface area contributed by atoms with Crippen LogP contribution in [0.5, 0.6) is 5.75 Å². The van der Waals surface area contributed by atoms with Gasteiger partial charge < -0.3 is 10.1 Å². The minimum Gasteiger partial charge on any atom is -0.497 e. The Morgan fingerprint density at radius 2 is 1.85 bits per heavy atom. The second kappa shape index (κ2) is 10.9. The zero-order valence-corrected chi connectivity index (χ0v) is 19.0. The third-order valence-corrected chi connectivity index (χ3v) is 5.98. The number of anilines is 1. The summed E-state index contributed by atoms with van der Waals surface area (Å²) in [5, 5.41) is 3.12. The van der Waals surface area contributed by atoms with Crippen molar-refractivity contribution in [2.24, 2.45) is 0 Å². The average molecular weight is 463 g/mol. The van der Waals surface area contributed by atoms with Crippen LogP contribution in [0.25, 0.3) is 0 Å². The maximum Gasteiger partial charge on any atom is 0.279 e. The number of hydrogen-bond acceptors (Lipinski definition) is 5. The highest BCUT2D eigenvalue weighted by molar-refractivity contribution is 6.09. The predicted octanol–water partition coefficient (Wildman–Crippen LogP) is 4.46. The van der Waals surface area contributed by atoms with E-state index in [4.69, 9.17) is 4.74 Å². The lowest BCUT2D eigenvalue weighted by Gasteiger charge is -2.33. The van der Waals surface area contributed by atoms with Crippen LogP contribution in [0, 0.1) is 5.82 Å². The molecule has 0 aliphatic heterocycles. The van der Waals surface area contributed by atoms with Crippen LogP contribution in [0.15, 0.2) is 67.1 Å². The van der Waals surface area contributed by atoms with Gasteiger partial charge in [0.2, 0.25) is 5.91 Å². The number of benzene rings is 2. The van der Waals surface area contributed by atoms with Gasteiger partial charge in [-0.25, -0.2) is 9.37 Å². The van der Waals surface area contributed by atoms with Gasteiger partial charge in [-0.2, -0.15) is 0 Å². The van der Waals surface area contributed by atoms with Gasteiger partial charge in [0.1, 0.15) is 23.3 Å². The van der Waals surface area contributed by atoms with Crippen molar-refractivity contribution in [1.82, 2.24) is 15.3 Å². The molecule has 34 heavy (non-hydrogen) atoms. The first-order chi connectivity index (χ1) is 16.6. The van der Waals surface area contributed by atoms with Gasteiger partial charge in [-0.05, 0) is 48.7 Å². The van der Waals surface area contributed by atoms with Crippen molar-refractivity contribution in [3.8, 4) is 5.75 Å². The number of methoxy groups -OCH3 is 1. The summed E-state index contributed by atoms with van der Waals surface area (Å²) >= 11 is 0. The molecule has 0 bridgehead atoms. The van der Waals surface area contributed by atoms with Gasteiger partial charge in [0.15, 0.2) is 0 Å². The van der Waals surface area contributed by atoms with Crippen LogP contribution >= 0.6 is 0 Å². The fourth-order valence-electron chi connectivity index (χ4n) is 4.27. The number of rotatable bonds is 7. The smallest absolute Gasteiger partial charge is 0.279 e. The summed E-state index contributed by atoms with van der Waals surface area (Å²) in [5.41, 5.74) is 0.863. The van der Waals surface area contributed by atoms with Crippen LogP contribution in [0.1, 0.15) is 54.2 Å². The first-order valence-electron chi connectivity index (χ1n) is 11.4. The van der Waals surface area contributed by atoms with Crippen molar-refractivity contribution < 1.29 is 18.7 Å². The van der Waals surface area contributed by atoms with Crippen molar-refractivity contribution >= 4 is 17.5 Å². The topological polar surface area (TPSA) is 84.4 Å². The monoisotopic (exact) mass is 462 g/mol. The van der Waals surface area contributed by atoms with E-state index < -0.39 is 17.8 Å². The minimum atomic E-state index is -1.05. The van der Waals surface area contributed by atoms with Gasteiger partial charge in [0.05, 0.1) is 13.3 Å². The first-order valence-corrected chi connectivity index (χ1v) is 11.4. The Balaban J connectivity index is 1.80. The lowest BCUT2D eigenvalue weighted by atomic mass is 9.94. The van der Waals surface area contributed by atoms with Gasteiger partial charge in [0.25, 0.3) is 5.91 Å². The van der Waals surface area contributed by atoms with E-state index in [0.717, 1.165) is 32.1 Å². The zero-order valence-electron chi connectivity index (χ0n) is 19.0. The molecular weight excluding hydrogens is 435 g/mol. The van der Waals surface area contributed by atoms with Crippen LogP contribution in [0.4, 0.5) is 10.1 Å². The van der Waals surface area contributed by atoms with Crippen LogP contribution in [0.3, 0.4) is 0 Å². The van der Waals surface area contributed by atoms with E-state index >= 15 is 0 Å². The highest BCUT2D eigenvalue weighted by Gasteiger charge is 2.35. The van der Waals surface area contributed by atoms with Gasteiger partial charge in [-0.15, -0.1) is 0 Å². The number of carbonyl (C=O) groups is 2. The van der Waals surface area contributed by atoms with Gasteiger partial charge in [-0.3, -0.25) is 19.5 Å². The fraction of sp³-hybridized carbons (Fsp3) is 0.308. The minimum absolute atomic E-state index is 0.0305. The maximum atomic E-state index is 14.2. The third kappa shape index (κ3) is 5.39. The molecule has 1 fully saturated rings. The van der Waals surface area contributed by atoms with Crippen molar-refractivity contribution in [3.63, 3.8) is 0 Å². The molecule has 1 N–H and O–H groups in total. The molecule has 1 heterocycles. The molecular formula is C26H27FN4O3. The van der Waals surface area contributed by atoms with Gasteiger partial charge in [-0.1, -0.05) is 37.5 Å². The number of halogens is 1. The Labute approximate surface area is 198 Å². The molecule has 4 rings (SSSR count). The maximum absolute atomic E-state index is 14.2. The number of aromatic nitrogens is 2. The molecule has 0 saturated heterocycles.